The van der Waals surface area contributed by atoms with Gasteiger partial charge >= 0.3 is 0 Å². The maximum atomic E-state index is 13.2. The molecular weight excluding hydrogens is 464 g/mol. The molecule has 0 bridgehead atoms. The Morgan fingerprint density at radius 2 is 1.73 bits per heavy atom. The third-order valence-corrected chi connectivity index (χ3v) is 8.50. The lowest BCUT2D eigenvalue weighted by atomic mass is 9.72. The molecule has 1 spiro atoms. The molecule has 3 aromatic rings. The fourth-order valence-corrected chi connectivity index (χ4v) is 6.45. The summed E-state index contributed by atoms with van der Waals surface area (Å²) in [5, 5.41) is 14.7. The van der Waals surface area contributed by atoms with E-state index in [2.05, 4.69) is 45.5 Å². The number of carbonyl (C=O) groups is 2. The standard InChI is InChI=1S/C30H32N4O3/c35-26(20-33-15-11-21-6-1-2-7-23(21)19-33)34-16-12-30(13-17-34)25-10-4-3-9-24(25)27(28(30)36)32-29(37)22-8-5-14-31-18-22/h1-10,14,18,27-28,36H,11-13,15-17,19-20H2,(H,32,37)/t27-,28+/m1/s1. The van der Waals surface area contributed by atoms with Crippen LogP contribution in [0.25, 0.3) is 0 Å². The predicted octanol–water partition coefficient (Wildman–Crippen LogP) is 2.85. The largest absolute Gasteiger partial charge is 0.390 e. The first kappa shape index (κ1) is 23.8. The predicted molar refractivity (Wildman–Crippen MR) is 140 cm³/mol. The highest BCUT2D eigenvalue weighted by Gasteiger charge is 2.53. The maximum Gasteiger partial charge on any atom is 0.253 e. The van der Waals surface area contributed by atoms with E-state index in [1.807, 2.05) is 23.1 Å². The molecule has 0 saturated carbocycles. The topological polar surface area (TPSA) is 85.8 Å². The number of carbonyl (C=O) groups excluding carboxylic acids is 2. The van der Waals surface area contributed by atoms with Crippen LogP contribution in [0.4, 0.5) is 0 Å². The van der Waals surface area contributed by atoms with Crippen molar-refractivity contribution in [3.05, 3.63) is 101 Å². The molecule has 7 heteroatoms. The number of aromatic nitrogens is 1. The van der Waals surface area contributed by atoms with Gasteiger partial charge in [-0.1, -0.05) is 48.5 Å². The molecule has 0 radical (unpaired) electrons. The molecule has 2 aliphatic heterocycles. The van der Waals surface area contributed by atoms with Crippen LogP contribution in [0.1, 0.15) is 51.5 Å². The highest BCUT2D eigenvalue weighted by Crippen LogP contribution is 2.51. The summed E-state index contributed by atoms with van der Waals surface area (Å²) in [7, 11) is 0. The Morgan fingerprint density at radius 3 is 2.51 bits per heavy atom. The van der Waals surface area contributed by atoms with E-state index in [9.17, 15) is 14.7 Å². The molecule has 0 unspecified atom stereocenters. The second-order valence-electron chi connectivity index (χ2n) is 10.5. The normalized spacial score (nSPS) is 22.4. The van der Waals surface area contributed by atoms with E-state index in [0.29, 0.717) is 38.0 Å². The molecule has 2 N–H and O–H groups in total. The first-order chi connectivity index (χ1) is 18.0. The van der Waals surface area contributed by atoms with Gasteiger partial charge in [-0.15, -0.1) is 0 Å². The lowest BCUT2D eigenvalue weighted by Crippen LogP contribution is -2.52. The number of fused-ring (bicyclic) bond motifs is 3. The average molecular weight is 497 g/mol. The van der Waals surface area contributed by atoms with Crippen molar-refractivity contribution >= 4 is 11.8 Å². The smallest absolute Gasteiger partial charge is 0.253 e. The van der Waals surface area contributed by atoms with Gasteiger partial charge in [0.1, 0.15) is 0 Å². The number of piperidine rings is 1. The van der Waals surface area contributed by atoms with Crippen LogP contribution in [0.2, 0.25) is 0 Å². The van der Waals surface area contributed by atoms with Crippen molar-refractivity contribution in [2.45, 2.75) is 43.4 Å². The minimum Gasteiger partial charge on any atom is -0.390 e. The van der Waals surface area contributed by atoms with E-state index >= 15 is 0 Å². The molecular formula is C30H32N4O3. The zero-order valence-corrected chi connectivity index (χ0v) is 20.8. The van der Waals surface area contributed by atoms with Gasteiger partial charge in [0.15, 0.2) is 0 Å². The molecule has 1 aliphatic carbocycles. The van der Waals surface area contributed by atoms with Crippen LogP contribution in [0.3, 0.4) is 0 Å². The van der Waals surface area contributed by atoms with E-state index in [4.69, 9.17) is 0 Å². The third kappa shape index (κ3) is 4.32. The summed E-state index contributed by atoms with van der Waals surface area (Å²) < 4.78 is 0. The molecule has 2 amide bonds. The van der Waals surface area contributed by atoms with Gasteiger partial charge in [-0.3, -0.25) is 19.5 Å². The molecule has 7 nitrogen and oxygen atoms in total. The molecule has 3 heterocycles. The number of likely N-dealkylation sites (tertiary alicyclic amines) is 1. The van der Waals surface area contributed by atoms with E-state index in [0.717, 1.165) is 30.6 Å². The summed E-state index contributed by atoms with van der Waals surface area (Å²) in [4.78, 5) is 34.4. The van der Waals surface area contributed by atoms with Crippen molar-refractivity contribution < 1.29 is 14.7 Å². The summed E-state index contributed by atoms with van der Waals surface area (Å²) in [5.74, 6) is -0.101. The van der Waals surface area contributed by atoms with Crippen LogP contribution in [0.15, 0.2) is 73.1 Å². The van der Waals surface area contributed by atoms with Crippen molar-refractivity contribution in [2.75, 3.05) is 26.2 Å². The van der Waals surface area contributed by atoms with E-state index in [-0.39, 0.29) is 11.8 Å². The molecule has 1 fully saturated rings. The number of hydrogen-bond donors (Lipinski definition) is 2. The Morgan fingerprint density at radius 1 is 0.973 bits per heavy atom. The number of aliphatic hydroxyl groups is 1. The number of benzene rings is 2. The van der Waals surface area contributed by atoms with Crippen molar-refractivity contribution in [3.8, 4) is 0 Å². The first-order valence-electron chi connectivity index (χ1n) is 13.1. The van der Waals surface area contributed by atoms with Crippen molar-refractivity contribution in [1.29, 1.82) is 0 Å². The summed E-state index contributed by atoms with van der Waals surface area (Å²) in [6.45, 7) is 3.31. The Hall–Kier alpha value is -3.55. The summed E-state index contributed by atoms with van der Waals surface area (Å²) in [5.41, 5.74) is 4.71. The molecule has 190 valence electrons. The third-order valence-electron chi connectivity index (χ3n) is 8.50. The average Bonchev–Trinajstić information content (AvgIpc) is 3.16. The van der Waals surface area contributed by atoms with Crippen molar-refractivity contribution in [1.82, 2.24) is 20.1 Å². The van der Waals surface area contributed by atoms with Crippen LogP contribution in [0.5, 0.6) is 0 Å². The van der Waals surface area contributed by atoms with Gasteiger partial charge in [0.05, 0.1) is 24.3 Å². The van der Waals surface area contributed by atoms with Crippen molar-refractivity contribution in [2.24, 2.45) is 0 Å². The second kappa shape index (κ2) is 9.72. The van der Waals surface area contributed by atoms with Gasteiger partial charge in [-0.25, -0.2) is 0 Å². The maximum absolute atomic E-state index is 13.2. The lowest BCUT2D eigenvalue weighted by Gasteiger charge is -2.43. The number of nitrogens with zero attached hydrogens (tertiary/aromatic N) is 3. The SMILES string of the molecule is O=C(N[C@@H]1c2ccccc2C2(CCN(C(=O)CN3CCc4ccccc4C3)CC2)[C@H]1O)c1cccnc1. The zero-order chi connectivity index (χ0) is 25.4. The van der Waals surface area contributed by atoms with Crippen molar-refractivity contribution in [3.63, 3.8) is 0 Å². The van der Waals surface area contributed by atoms with E-state index < -0.39 is 17.6 Å². The molecule has 1 aromatic heterocycles. The number of hydrogen-bond acceptors (Lipinski definition) is 5. The molecule has 3 aliphatic rings. The minimum absolute atomic E-state index is 0.149. The van der Waals surface area contributed by atoms with Gasteiger partial charge in [0.2, 0.25) is 5.91 Å². The molecule has 37 heavy (non-hydrogen) atoms. The van der Waals surface area contributed by atoms with Crippen LogP contribution in [-0.4, -0.2) is 64.0 Å². The number of nitrogens with one attached hydrogen (secondary N) is 1. The number of amides is 2. The summed E-state index contributed by atoms with van der Waals surface area (Å²) >= 11 is 0. The van der Waals surface area contributed by atoms with Crippen LogP contribution >= 0.6 is 0 Å². The highest BCUT2D eigenvalue weighted by molar-refractivity contribution is 5.94. The zero-order valence-electron chi connectivity index (χ0n) is 20.8. The Balaban J connectivity index is 1.14. The Labute approximate surface area is 217 Å². The monoisotopic (exact) mass is 496 g/mol. The summed E-state index contributed by atoms with van der Waals surface area (Å²) in [6, 6.07) is 19.4. The summed E-state index contributed by atoms with van der Waals surface area (Å²) in [6.07, 6.45) is 4.70. The van der Waals surface area contributed by atoms with Gasteiger partial charge < -0.3 is 15.3 Å². The molecule has 2 aromatic carbocycles. The first-order valence-corrected chi connectivity index (χ1v) is 13.1. The quantitative estimate of drug-likeness (QED) is 0.580. The molecule has 1 saturated heterocycles. The highest BCUT2D eigenvalue weighted by atomic mass is 16.3. The van der Waals surface area contributed by atoms with E-state index in [1.54, 1.807) is 18.3 Å². The number of pyridine rings is 1. The second-order valence-corrected chi connectivity index (χ2v) is 10.5. The fourth-order valence-electron chi connectivity index (χ4n) is 6.45. The van der Waals surface area contributed by atoms with Gasteiger partial charge in [0.25, 0.3) is 5.91 Å². The van der Waals surface area contributed by atoms with Gasteiger partial charge in [0, 0.05) is 44.0 Å². The van der Waals surface area contributed by atoms with E-state index in [1.165, 1.54) is 17.3 Å². The lowest BCUT2D eigenvalue weighted by molar-refractivity contribution is -0.135. The molecule has 6 rings (SSSR count). The number of aliphatic hydroxyl groups excluding tert-OH is 1. The minimum atomic E-state index is -0.763. The van der Waals surface area contributed by atoms with Crippen LogP contribution in [-0.2, 0) is 23.2 Å². The fraction of sp³-hybridized carbons (Fsp3) is 0.367. The molecule has 2 atom stereocenters. The van der Waals surface area contributed by atoms with Crippen LogP contribution in [0, 0.1) is 0 Å². The Kier molecular flexibility index (Phi) is 6.26. The van der Waals surface area contributed by atoms with Crippen LogP contribution < -0.4 is 5.32 Å². The van der Waals surface area contributed by atoms with Gasteiger partial charge in [-0.2, -0.15) is 0 Å². The Bertz CT molecular complexity index is 1300. The van der Waals surface area contributed by atoms with Gasteiger partial charge in [-0.05, 0) is 53.6 Å². The number of rotatable bonds is 4.